The van der Waals surface area contributed by atoms with Crippen molar-refractivity contribution >= 4 is 17.5 Å². The summed E-state index contributed by atoms with van der Waals surface area (Å²) in [6.07, 6.45) is 1.08. The van der Waals surface area contributed by atoms with Crippen LogP contribution in [0.5, 0.6) is 0 Å². The van der Waals surface area contributed by atoms with Crippen molar-refractivity contribution in [1.82, 2.24) is 10.2 Å². The van der Waals surface area contributed by atoms with Gasteiger partial charge in [-0.3, -0.25) is 9.59 Å². The third kappa shape index (κ3) is 5.06. The number of likely N-dealkylation sites (N-methyl/N-ethyl adjacent to an activating group) is 2. The lowest BCUT2D eigenvalue weighted by Crippen LogP contribution is -2.40. The first kappa shape index (κ1) is 18.0. The van der Waals surface area contributed by atoms with Crippen molar-refractivity contribution in [2.45, 2.75) is 27.2 Å². The molecule has 0 saturated carbocycles. The third-order valence-electron chi connectivity index (χ3n) is 3.49. The van der Waals surface area contributed by atoms with E-state index in [4.69, 9.17) is 0 Å². The molecule has 0 radical (unpaired) electrons. The maximum Gasteiger partial charge on any atom is 0.254 e. The zero-order valence-electron chi connectivity index (χ0n) is 14.1. The van der Waals surface area contributed by atoms with E-state index in [1.54, 1.807) is 4.90 Å². The molecule has 0 aliphatic carbocycles. The highest BCUT2D eigenvalue weighted by Crippen LogP contribution is 2.15. The number of anilines is 1. The summed E-state index contributed by atoms with van der Waals surface area (Å²) in [4.78, 5) is 27.8. The number of nitrogens with zero attached hydrogens (tertiary/aromatic N) is 2. The minimum atomic E-state index is -0.128. The lowest BCUT2D eigenvalue weighted by molar-refractivity contribution is -0.121. The molecule has 0 aliphatic heterocycles. The van der Waals surface area contributed by atoms with Crippen LogP contribution in [0.15, 0.2) is 24.3 Å². The van der Waals surface area contributed by atoms with Crippen molar-refractivity contribution in [3.8, 4) is 0 Å². The van der Waals surface area contributed by atoms with Gasteiger partial charge in [-0.2, -0.15) is 0 Å². The molecule has 1 aromatic carbocycles. The van der Waals surface area contributed by atoms with E-state index in [1.807, 2.05) is 45.2 Å². The summed E-state index contributed by atoms with van der Waals surface area (Å²) in [6, 6.07) is 7.54. The van der Waals surface area contributed by atoms with Crippen LogP contribution in [0.3, 0.4) is 0 Å². The topological polar surface area (TPSA) is 52.7 Å². The van der Waals surface area contributed by atoms with Crippen LogP contribution in [0.1, 0.15) is 37.6 Å². The molecule has 0 atom stereocenters. The Kier molecular flexibility index (Phi) is 7.43. The van der Waals surface area contributed by atoms with Crippen LogP contribution in [-0.2, 0) is 4.79 Å². The average Bonchev–Trinajstić information content (AvgIpc) is 2.52. The van der Waals surface area contributed by atoms with Gasteiger partial charge in [-0.1, -0.05) is 6.92 Å². The molecule has 0 bridgehead atoms. The van der Waals surface area contributed by atoms with E-state index in [9.17, 15) is 9.59 Å². The number of carbonyl (C=O) groups is 2. The molecule has 0 saturated heterocycles. The second-order valence-electron chi connectivity index (χ2n) is 5.24. The zero-order valence-corrected chi connectivity index (χ0v) is 14.1. The highest BCUT2D eigenvalue weighted by atomic mass is 16.2. The van der Waals surface area contributed by atoms with Gasteiger partial charge in [-0.25, -0.2) is 0 Å². The molecule has 2 amide bonds. The summed E-state index contributed by atoms with van der Waals surface area (Å²) >= 11 is 0. The molecule has 0 heterocycles. The number of benzene rings is 1. The minimum absolute atomic E-state index is 0.0979. The predicted octanol–water partition coefficient (Wildman–Crippen LogP) is 2.13. The molecule has 5 nitrogen and oxygen atoms in total. The van der Waals surface area contributed by atoms with E-state index in [-0.39, 0.29) is 18.4 Å². The fourth-order valence-electron chi connectivity index (χ4n) is 2.26. The van der Waals surface area contributed by atoms with Crippen LogP contribution in [0.2, 0.25) is 0 Å². The summed E-state index contributed by atoms with van der Waals surface area (Å²) in [5.41, 5.74) is 1.70. The van der Waals surface area contributed by atoms with Crippen molar-refractivity contribution in [3.63, 3.8) is 0 Å². The maximum absolute atomic E-state index is 12.5. The summed E-state index contributed by atoms with van der Waals surface area (Å²) in [5.74, 6) is -0.240. The first-order chi connectivity index (χ1) is 10.5. The van der Waals surface area contributed by atoms with E-state index >= 15 is 0 Å². The van der Waals surface area contributed by atoms with Gasteiger partial charge in [0.2, 0.25) is 5.91 Å². The molecule has 0 unspecified atom stereocenters. The molecule has 0 spiro atoms. The van der Waals surface area contributed by atoms with Crippen molar-refractivity contribution in [2.24, 2.45) is 0 Å². The molecule has 0 aliphatic rings. The van der Waals surface area contributed by atoms with E-state index in [2.05, 4.69) is 17.1 Å². The first-order valence-electron chi connectivity index (χ1n) is 7.90. The molecule has 1 N–H and O–H groups in total. The van der Waals surface area contributed by atoms with Gasteiger partial charge >= 0.3 is 0 Å². The van der Waals surface area contributed by atoms with Gasteiger partial charge in [0.05, 0.1) is 6.54 Å². The van der Waals surface area contributed by atoms with Gasteiger partial charge in [0.1, 0.15) is 0 Å². The van der Waals surface area contributed by atoms with Crippen LogP contribution in [0.4, 0.5) is 5.69 Å². The third-order valence-corrected chi connectivity index (χ3v) is 3.49. The minimum Gasteiger partial charge on any atom is -0.375 e. The summed E-state index contributed by atoms with van der Waals surface area (Å²) in [6.45, 7) is 8.03. The first-order valence-corrected chi connectivity index (χ1v) is 7.90. The summed E-state index contributed by atoms with van der Waals surface area (Å²) in [7, 11) is 2.04. The van der Waals surface area contributed by atoms with Crippen LogP contribution < -0.4 is 10.2 Å². The molecule has 0 fully saturated rings. The van der Waals surface area contributed by atoms with Crippen molar-refractivity contribution < 1.29 is 9.59 Å². The number of hydrogen-bond donors (Lipinski definition) is 1. The van der Waals surface area contributed by atoms with Crippen molar-refractivity contribution in [2.75, 3.05) is 38.1 Å². The number of amides is 2. The van der Waals surface area contributed by atoms with Gasteiger partial charge < -0.3 is 15.1 Å². The molecular formula is C17H27N3O2. The molecule has 122 valence electrons. The highest BCUT2D eigenvalue weighted by Gasteiger charge is 2.17. The zero-order chi connectivity index (χ0) is 16.5. The van der Waals surface area contributed by atoms with Gasteiger partial charge in [0.15, 0.2) is 0 Å². The van der Waals surface area contributed by atoms with E-state index in [0.29, 0.717) is 18.7 Å². The smallest absolute Gasteiger partial charge is 0.254 e. The fraction of sp³-hybridized carbons (Fsp3) is 0.529. The Morgan fingerprint density at radius 2 is 1.73 bits per heavy atom. The van der Waals surface area contributed by atoms with Gasteiger partial charge in [0, 0.05) is 37.9 Å². The summed E-state index contributed by atoms with van der Waals surface area (Å²) < 4.78 is 0. The van der Waals surface area contributed by atoms with Crippen molar-refractivity contribution in [1.29, 1.82) is 0 Å². The summed E-state index contributed by atoms with van der Waals surface area (Å²) in [5, 5.41) is 2.72. The Bertz CT molecular complexity index is 485. The van der Waals surface area contributed by atoms with E-state index in [0.717, 1.165) is 18.7 Å². The Morgan fingerprint density at radius 3 is 2.23 bits per heavy atom. The second-order valence-corrected chi connectivity index (χ2v) is 5.24. The number of nitrogens with one attached hydrogen (secondary N) is 1. The fourth-order valence-corrected chi connectivity index (χ4v) is 2.26. The van der Waals surface area contributed by atoms with Gasteiger partial charge in [0.25, 0.3) is 5.91 Å². The SMILES string of the molecule is CCCN(C)c1ccc(C(=O)N(CC)CC(=O)NCC)cc1. The number of hydrogen-bond acceptors (Lipinski definition) is 3. The quantitative estimate of drug-likeness (QED) is 0.800. The Labute approximate surface area is 133 Å². The Hall–Kier alpha value is -2.04. The molecule has 1 aromatic rings. The van der Waals surface area contributed by atoms with Gasteiger partial charge in [-0.05, 0) is 44.5 Å². The number of carbonyl (C=O) groups excluding carboxylic acids is 2. The highest BCUT2D eigenvalue weighted by molar-refractivity contribution is 5.96. The molecular weight excluding hydrogens is 278 g/mol. The van der Waals surface area contributed by atoms with E-state index < -0.39 is 0 Å². The lowest BCUT2D eigenvalue weighted by Gasteiger charge is -2.21. The second kappa shape index (κ2) is 9.07. The Morgan fingerprint density at radius 1 is 1.09 bits per heavy atom. The predicted molar refractivity (Wildman–Crippen MR) is 90.3 cm³/mol. The monoisotopic (exact) mass is 305 g/mol. The molecule has 1 rings (SSSR count). The molecule has 5 heteroatoms. The normalized spacial score (nSPS) is 10.2. The molecule has 22 heavy (non-hydrogen) atoms. The number of rotatable bonds is 8. The average molecular weight is 305 g/mol. The van der Waals surface area contributed by atoms with Crippen LogP contribution >= 0.6 is 0 Å². The largest absolute Gasteiger partial charge is 0.375 e. The van der Waals surface area contributed by atoms with E-state index in [1.165, 1.54) is 0 Å². The maximum atomic E-state index is 12.5. The standard InChI is InChI=1S/C17H27N3O2/c1-5-12-19(4)15-10-8-14(9-11-15)17(22)20(7-3)13-16(21)18-6-2/h8-11H,5-7,12-13H2,1-4H3,(H,18,21). The van der Waals surface area contributed by atoms with Crippen molar-refractivity contribution in [3.05, 3.63) is 29.8 Å². The van der Waals surface area contributed by atoms with Gasteiger partial charge in [-0.15, -0.1) is 0 Å². The molecule has 0 aromatic heterocycles. The Balaban J connectivity index is 2.76. The van der Waals surface area contributed by atoms with Crippen LogP contribution in [0, 0.1) is 0 Å². The van der Waals surface area contributed by atoms with Crippen LogP contribution in [-0.4, -0.2) is 49.9 Å². The van der Waals surface area contributed by atoms with Crippen LogP contribution in [0.25, 0.3) is 0 Å². The lowest BCUT2D eigenvalue weighted by atomic mass is 10.1.